The van der Waals surface area contributed by atoms with Crippen LogP contribution >= 0.6 is 0 Å². The van der Waals surface area contributed by atoms with Crippen molar-refractivity contribution in [2.24, 2.45) is 0 Å². The zero-order valence-electron chi connectivity index (χ0n) is 12.2. The van der Waals surface area contributed by atoms with Crippen LogP contribution in [0.2, 0.25) is 0 Å². The van der Waals surface area contributed by atoms with Gasteiger partial charge in [0.15, 0.2) is 0 Å². The fraction of sp³-hybridized carbons (Fsp3) is 0.429. The van der Waals surface area contributed by atoms with Crippen molar-refractivity contribution >= 4 is 17.6 Å². The minimum Gasteiger partial charge on any atom is -0.480 e. The first-order chi connectivity index (χ1) is 9.71. The molecule has 0 unspecified atom stereocenters. The van der Waals surface area contributed by atoms with Gasteiger partial charge >= 0.3 is 5.97 Å². The molecular weight excluding hydrogens is 276 g/mol. The molecule has 0 bridgehead atoms. The highest BCUT2D eigenvalue weighted by atomic mass is 16.6. The van der Waals surface area contributed by atoms with E-state index < -0.39 is 22.3 Å². The summed E-state index contributed by atoms with van der Waals surface area (Å²) in [7, 11) is 0. The monoisotopic (exact) mass is 294 g/mol. The van der Waals surface area contributed by atoms with Gasteiger partial charge in [-0.2, -0.15) is 0 Å². The summed E-state index contributed by atoms with van der Waals surface area (Å²) in [5.41, 5.74) is -1.24. The lowest BCUT2D eigenvalue weighted by Gasteiger charge is -2.34. The zero-order chi connectivity index (χ0) is 16.2. The second kappa shape index (κ2) is 6.34. The van der Waals surface area contributed by atoms with Crippen LogP contribution in [-0.4, -0.2) is 38.9 Å². The number of carbonyl (C=O) groups excluding carboxylic acids is 1. The molecule has 0 aromatic heterocycles. The molecule has 1 aromatic rings. The van der Waals surface area contributed by atoms with Crippen LogP contribution in [0.3, 0.4) is 0 Å². The van der Waals surface area contributed by atoms with Gasteiger partial charge in [-0.15, -0.1) is 0 Å². The van der Waals surface area contributed by atoms with E-state index in [1.54, 1.807) is 13.0 Å². The summed E-state index contributed by atoms with van der Waals surface area (Å²) in [5.74, 6) is -1.58. The molecule has 1 aromatic carbocycles. The van der Waals surface area contributed by atoms with Crippen LogP contribution in [0.25, 0.3) is 0 Å². The predicted molar refractivity (Wildman–Crippen MR) is 75.9 cm³/mol. The third-order valence-corrected chi connectivity index (χ3v) is 3.35. The molecule has 21 heavy (non-hydrogen) atoms. The number of hydrogen-bond acceptors (Lipinski definition) is 4. The van der Waals surface area contributed by atoms with Gasteiger partial charge in [-0.25, -0.2) is 4.79 Å². The summed E-state index contributed by atoms with van der Waals surface area (Å²) in [5, 5.41) is 20.1. The van der Waals surface area contributed by atoms with E-state index in [2.05, 4.69) is 0 Å². The Bertz CT molecular complexity index is 568. The summed E-state index contributed by atoms with van der Waals surface area (Å²) in [6.07, 6.45) is -0.207. The van der Waals surface area contributed by atoms with E-state index in [9.17, 15) is 24.8 Å². The number of rotatable bonds is 6. The Labute approximate surface area is 122 Å². The van der Waals surface area contributed by atoms with Crippen molar-refractivity contribution in [2.75, 3.05) is 6.54 Å². The average Bonchev–Trinajstić information content (AvgIpc) is 2.39. The molecule has 0 radical (unpaired) electrons. The van der Waals surface area contributed by atoms with Gasteiger partial charge in [-0.3, -0.25) is 14.9 Å². The van der Waals surface area contributed by atoms with Crippen molar-refractivity contribution in [1.82, 2.24) is 4.90 Å². The SMILES string of the molecule is CCN(C(=O)Cc1ccccc1[N+](=O)[O-])C(C)(C)C(=O)O. The summed E-state index contributed by atoms with van der Waals surface area (Å²) in [6, 6.07) is 5.94. The van der Waals surface area contributed by atoms with Crippen LogP contribution in [0, 0.1) is 10.1 Å². The molecule has 0 atom stereocenters. The number of amides is 1. The van der Waals surface area contributed by atoms with E-state index in [-0.39, 0.29) is 24.2 Å². The quantitative estimate of drug-likeness (QED) is 0.637. The van der Waals surface area contributed by atoms with Gasteiger partial charge in [0.1, 0.15) is 5.54 Å². The lowest BCUT2D eigenvalue weighted by atomic mass is 10.0. The van der Waals surface area contributed by atoms with Gasteiger partial charge in [-0.05, 0) is 20.8 Å². The Morgan fingerprint density at radius 3 is 2.38 bits per heavy atom. The van der Waals surface area contributed by atoms with Crippen molar-refractivity contribution < 1.29 is 19.6 Å². The molecule has 7 heteroatoms. The third kappa shape index (κ3) is 3.56. The number of benzene rings is 1. The lowest BCUT2D eigenvalue weighted by Crippen LogP contribution is -2.53. The number of aliphatic carboxylic acids is 1. The topological polar surface area (TPSA) is 101 Å². The van der Waals surface area contributed by atoms with Crippen molar-refractivity contribution in [1.29, 1.82) is 0 Å². The molecule has 0 heterocycles. The Morgan fingerprint density at radius 2 is 1.90 bits per heavy atom. The molecule has 1 amide bonds. The molecule has 0 saturated carbocycles. The van der Waals surface area contributed by atoms with Crippen LogP contribution in [0.1, 0.15) is 26.3 Å². The summed E-state index contributed by atoms with van der Waals surface area (Å²) in [4.78, 5) is 35.1. The fourth-order valence-corrected chi connectivity index (χ4v) is 2.10. The predicted octanol–water partition coefficient (Wildman–Crippen LogP) is 1.85. The first-order valence-electron chi connectivity index (χ1n) is 6.48. The van der Waals surface area contributed by atoms with Gasteiger partial charge in [0, 0.05) is 18.2 Å². The molecule has 0 aliphatic rings. The van der Waals surface area contributed by atoms with Crippen LogP contribution in [0.15, 0.2) is 24.3 Å². The number of nitro benzene ring substituents is 1. The molecule has 0 fully saturated rings. The minimum absolute atomic E-state index is 0.143. The average molecular weight is 294 g/mol. The molecule has 0 aliphatic heterocycles. The second-order valence-electron chi connectivity index (χ2n) is 5.06. The number of carboxylic acids is 1. The molecule has 0 saturated heterocycles. The number of likely N-dealkylation sites (N-methyl/N-ethyl adjacent to an activating group) is 1. The second-order valence-corrected chi connectivity index (χ2v) is 5.06. The number of para-hydroxylation sites is 1. The van der Waals surface area contributed by atoms with Gasteiger partial charge in [0.05, 0.1) is 11.3 Å². The van der Waals surface area contributed by atoms with Crippen LogP contribution in [-0.2, 0) is 16.0 Å². The largest absolute Gasteiger partial charge is 0.480 e. The maximum Gasteiger partial charge on any atom is 0.329 e. The third-order valence-electron chi connectivity index (χ3n) is 3.35. The maximum absolute atomic E-state index is 12.3. The molecular formula is C14H18N2O5. The molecule has 1 rings (SSSR count). The first kappa shape index (κ1) is 16.6. The Hall–Kier alpha value is -2.44. The fourth-order valence-electron chi connectivity index (χ4n) is 2.10. The van der Waals surface area contributed by atoms with E-state index in [1.165, 1.54) is 36.9 Å². The van der Waals surface area contributed by atoms with Gasteiger partial charge in [-0.1, -0.05) is 18.2 Å². The van der Waals surface area contributed by atoms with Gasteiger partial charge in [0.2, 0.25) is 5.91 Å². The van der Waals surface area contributed by atoms with Crippen molar-refractivity contribution in [3.8, 4) is 0 Å². The minimum atomic E-state index is -1.37. The Morgan fingerprint density at radius 1 is 1.33 bits per heavy atom. The van der Waals surface area contributed by atoms with Crippen molar-refractivity contribution in [3.63, 3.8) is 0 Å². The van der Waals surface area contributed by atoms with E-state index in [1.807, 2.05) is 0 Å². The first-order valence-corrected chi connectivity index (χ1v) is 6.48. The highest BCUT2D eigenvalue weighted by Crippen LogP contribution is 2.21. The van der Waals surface area contributed by atoms with E-state index in [0.29, 0.717) is 0 Å². The Balaban J connectivity index is 3.05. The van der Waals surface area contributed by atoms with E-state index in [4.69, 9.17) is 0 Å². The normalized spacial score (nSPS) is 11.0. The molecule has 1 N–H and O–H groups in total. The number of nitrogens with zero attached hydrogens (tertiary/aromatic N) is 2. The van der Waals surface area contributed by atoms with Crippen molar-refractivity contribution in [3.05, 3.63) is 39.9 Å². The van der Waals surface area contributed by atoms with E-state index in [0.717, 1.165) is 0 Å². The highest BCUT2D eigenvalue weighted by molar-refractivity contribution is 5.87. The number of nitro groups is 1. The zero-order valence-corrected chi connectivity index (χ0v) is 12.2. The van der Waals surface area contributed by atoms with E-state index >= 15 is 0 Å². The van der Waals surface area contributed by atoms with Crippen LogP contribution in [0.5, 0.6) is 0 Å². The van der Waals surface area contributed by atoms with Gasteiger partial charge < -0.3 is 10.0 Å². The van der Waals surface area contributed by atoms with Crippen LogP contribution in [0.4, 0.5) is 5.69 Å². The molecule has 7 nitrogen and oxygen atoms in total. The smallest absolute Gasteiger partial charge is 0.329 e. The summed E-state index contributed by atoms with van der Waals surface area (Å²) >= 11 is 0. The highest BCUT2D eigenvalue weighted by Gasteiger charge is 2.37. The number of hydrogen-bond donors (Lipinski definition) is 1. The van der Waals surface area contributed by atoms with Gasteiger partial charge in [0.25, 0.3) is 5.69 Å². The summed E-state index contributed by atoms with van der Waals surface area (Å²) in [6.45, 7) is 4.73. The lowest BCUT2D eigenvalue weighted by molar-refractivity contribution is -0.385. The van der Waals surface area contributed by atoms with Crippen molar-refractivity contribution in [2.45, 2.75) is 32.7 Å². The maximum atomic E-state index is 12.3. The summed E-state index contributed by atoms with van der Waals surface area (Å²) < 4.78 is 0. The Kier molecular flexibility index (Phi) is 5.02. The molecule has 0 aliphatic carbocycles. The van der Waals surface area contributed by atoms with Crippen LogP contribution < -0.4 is 0 Å². The number of carboxylic acid groups (broad SMARTS) is 1. The molecule has 114 valence electrons. The standard InChI is InChI=1S/C14H18N2O5/c1-4-15(14(2,3)13(18)19)12(17)9-10-7-5-6-8-11(10)16(20)21/h5-8H,4,9H2,1-3H3,(H,18,19). The number of carbonyl (C=O) groups is 2. The molecule has 0 spiro atoms.